The Bertz CT molecular complexity index is 1350. The molecule has 2 aromatic carbocycles. The first-order valence-corrected chi connectivity index (χ1v) is 13.5. The number of nitrogens with zero attached hydrogens (tertiary/aromatic N) is 2. The van der Waals surface area contributed by atoms with Gasteiger partial charge >= 0.3 is 0 Å². The van der Waals surface area contributed by atoms with Gasteiger partial charge in [-0.3, -0.25) is 19.2 Å². The van der Waals surface area contributed by atoms with Gasteiger partial charge in [0, 0.05) is 20.3 Å². The molecule has 2 heterocycles. The highest BCUT2D eigenvalue weighted by molar-refractivity contribution is 9.11. The van der Waals surface area contributed by atoms with Crippen molar-refractivity contribution in [1.82, 2.24) is 0 Å². The summed E-state index contributed by atoms with van der Waals surface area (Å²) in [6.07, 6.45) is 1.98. The Labute approximate surface area is 226 Å². The van der Waals surface area contributed by atoms with Crippen molar-refractivity contribution < 1.29 is 19.2 Å². The molecule has 2 aromatic rings. The van der Waals surface area contributed by atoms with E-state index in [9.17, 15) is 19.2 Å². The van der Waals surface area contributed by atoms with E-state index < -0.39 is 35.0 Å². The van der Waals surface area contributed by atoms with E-state index in [1.54, 1.807) is 12.1 Å². The van der Waals surface area contributed by atoms with Crippen LogP contribution in [0.3, 0.4) is 0 Å². The zero-order valence-corrected chi connectivity index (χ0v) is 23.4. The van der Waals surface area contributed by atoms with Crippen molar-refractivity contribution in [2.24, 2.45) is 35.0 Å². The minimum Gasteiger partial charge on any atom is -0.274 e. The van der Waals surface area contributed by atoms with Crippen LogP contribution in [-0.2, 0) is 19.2 Å². The van der Waals surface area contributed by atoms with Crippen molar-refractivity contribution >= 4 is 66.9 Å². The van der Waals surface area contributed by atoms with Crippen LogP contribution in [0.25, 0.3) is 0 Å². The Morgan fingerprint density at radius 1 is 0.667 bits per heavy atom. The van der Waals surface area contributed by atoms with E-state index in [1.807, 2.05) is 58.0 Å². The number of benzene rings is 2. The van der Waals surface area contributed by atoms with Gasteiger partial charge in [0.1, 0.15) is 0 Å². The molecule has 1 saturated carbocycles. The average molecular weight is 612 g/mol. The molecule has 36 heavy (non-hydrogen) atoms. The molecule has 184 valence electrons. The van der Waals surface area contributed by atoms with Crippen LogP contribution in [0.2, 0.25) is 0 Å². The van der Waals surface area contributed by atoms with Gasteiger partial charge in [0.25, 0.3) is 0 Å². The second-order valence-corrected chi connectivity index (χ2v) is 12.4. The predicted molar refractivity (Wildman–Crippen MR) is 142 cm³/mol. The summed E-state index contributed by atoms with van der Waals surface area (Å²) >= 11 is 7.03. The Balaban J connectivity index is 1.48. The largest absolute Gasteiger partial charge is 0.274 e. The smallest absolute Gasteiger partial charge is 0.238 e. The first-order valence-electron chi connectivity index (χ1n) is 11.9. The second kappa shape index (κ2) is 7.71. The van der Waals surface area contributed by atoms with Gasteiger partial charge in [0.15, 0.2) is 0 Å². The Hall–Kier alpha value is -2.58. The number of imide groups is 2. The number of aryl methyl sites for hydroxylation is 2. The fourth-order valence-corrected chi connectivity index (χ4v) is 8.57. The molecule has 0 radical (unpaired) electrons. The number of halogens is 2. The molecular formula is C28H24Br2N2O4. The number of carbonyl (C=O) groups excluding carboxylic acids is 4. The molecule has 8 heteroatoms. The Kier molecular flexibility index (Phi) is 5.10. The first kappa shape index (κ1) is 23.8. The molecule has 4 amide bonds. The molecule has 2 saturated heterocycles. The third-order valence-electron chi connectivity index (χ3n) is 8.57. The van der Waals surface area contributed by atoms with Gasteiger partial charge in [0.2, 0.25) is 23.6 Å². The molecule has 7 rings (SSSR count). The fourth-order valence-electron chi connectivity index (χ4n) is 7.22. The van der Waals surface area contributed by atoms with Gasteiger partial charge in [-0.2, -0.15) is 0 Å². The zero-order chi connectivity index (χ0) is 25.8. The van der Waals surface area contributed by atoms with Crippen LogP contribution < -0.4 is 9.80 Å². The summed E-state index contributed by atoms with van der Waals surface area (Å²) in [5.74, 6) is -4.48. The summed E-state index contributed by atoms with van der Waals surface area (Å²) in [5, 5.41) is 0. The molecule has 6 nitrogen and oxygen atoms in total. The lowest BCUT2D eigenvalue weighted by molar-refractivity contribution is -0.146. The third-order valence-corrected chi connectivity index (χ3v) is 9.84. The molecule has 2 bridgehead atoms. The van der Waals surface area contributed by atoms with Crippen LogP contribution in [0.15, 0.2) is 57.0 Å². The van der Waals surface area contributed by atoms with Gasteiger partial charge in [-0.15, -0.1) is 0 Å². The lowest BCUT2D eigenvalue weighted by atomic mass is 9.46. The van der Waals surface area contributed by atoms with E-state index in [2.05, 4.69) is 31.9 Å². The topological polar surface area (TPSA) is 74.8 Å². The van der Waals surface area contributed by atoms with Crippen LogP contribution in [0.4, 0.5) is 11.4 Å². The van der Waals surface area contributed by atoms with Gasteiger partial charge in [0.05, 0.1) is 35.0 Å². The van der Waals surface area contributed by atoms with E-state index in [1.165, 1.54) is 9.80 Å². The van der Waals surface area contributed by atoms with Crippen LogP contribution in [-0.4, -0.2) is 23.6 Å². The van der Waals surface area contributed by atoms with Gasteiger partial charge < -0.3 is 0 Å². The maximum absolute atomic E-state index is 13.9. The van der Waals surface area contributed by atoms with E-state index in [-0.39, 0.29) is 23.6 Å². The summed E-state index contributed by atoms with van der Waals surface area (Å²) in [7, 11) is 0. The molecule has 4 unspecified atom stereocenters. The maximum Gasteiger partial charge on any atom is 0.238 e. The summed E-state index contributed by atoms with van der Waals surface area (Å²) in [5.41, 5.74) is 2.94. The number of anilines is 2. The average Bonchev–Trinajstić information content (AvgIpc) is 3.21. The predicted octanol–water partition coefficient (Wildman–Crippen LogP) is 5.34. The molecule has 0 N–H and O–H groups in total. The number of hydrogen-bond donors (Lipinski definition) is 0. The van der Waals surface area contributed by atoms with E-state index >= 15 is 0 Å². The quantitative estimate of drug-likeness (QED) is 0.340. The minimum atomic E-state index is -0.953. The minimum absolute atomic E-state index is 0.299. The van der Waals surface area contributed by atoms with Crippen molar-refractivity contribution in [3.63, 3.8) is 0 Å². The Morgan fingerprint density at radius 3 is 1.47 bits per heavy atom. The van der Waals surface area contributed by atoms with Gasteiger partial charge in [-0.05, 0) is 88.0 Å². The molecule has 5 aliphatic rings. The number of amides is 4. The summed E-state index contributed by atoms with van der Waals surface area (Å²) in [4.78, 5) is 58.3. The zero-order valence-electron chi connectivity index (χ0n) is 20.2. The number of rotatable bonds is 2. The molecule has 4 atom stereocenters. The van der Waals surface area contributed by atoms with Gasteiger partial charge in [-0.1, -0.05) is 30.7 Å². The van der Waals surface area contributed by atoms with Crippen molar-refractivity contribution in [3.05, 3.63) is 68.1 Å². The van der Waals surface area contributed by atoms with E-state index in [0.29, 0.717) is 20.3 Å². The van der Waals surface area contributed by atoms with Crippen LogP contribution >= 0.6 is 31.9 Å². The molecule has 3 aliphatic carbocycles. The normalized spacial score (nSPS) is 32.8. The summed E-state index contributed by atoms with van der Waals surface area (Å²) in [6.45, 7) is 7.67. The highest BCUT2D eigenvalue weighted by Gasteiger charge is 2.74. The lowest BCUT2D eigenvalue weighted by Crippen LogP contribution is -2.57. The van der Waals surface area contributed by atoms with Crippen molar-refractivity contribution in [3.8, 4) is 0 Å². The van der Waals surface area contributed by atoms with E-state index in [0.717, 1.165) is 16.7 Å². The standard InChI is InChI=1S/C28H24Br2N2O4/c1-12-5-7-17(15(29)9-12)31-24(33)20-19-14(3)11-28(4,22(20)26(31)35)23-21(19)25(34)32(27(23)36)18-8-6-13(2)10-16(18)30/h5-11,19-23H,1-4H3. The third kappa shape index (κ3) is 2.88. The molecule has 0 spiro atoms. The SMILES string of the molecule is CC1=CC2(C)C3C(=O)N(c4ccc(C)cc4Br)C(=O)C3C1C1C(=O)N(c3ccc(C)cc3Br)C(=O)C12. The summed E-state index contributed by atoms with van der Waals surface area (Å²) in [6, 6.07) is 11.0. The monoisotopic (exact) mass is 610 g/mol. The first-order chi connectivity index (χ1) is 17.0. The van der Waals surface area contributed by atoms with E-state index in [4.69, 9.17) is 0 Å². The second-order valence-electron chi connectivity index (χ2n) is 10.7. The number of allylic oxidation sites excluding steroid dienone is 2. The maximum atomic E-state index is 13.9. The van der Waals surface area contributed by atoms with Gasteiger partial charge in [-0.25, -0.2) is 9.80 Å². The van der Waals surface area contributed by atoms with Crippen molar-refractivity contribution in [1.29, 1.82) is 0 Å². The highest BCUT2D eigenvalue weighted by atomic mass is 79.9. The van der Waals surface area contributed by atoms with Crippen LogP contribution in [0.1, 0.15) is 25.0 Å². The number of hydrogen-bond acceptors (Lipinski definition) is 4. The van der Waals surface area contributed by atoms with Crippen LogP contribution in [0.5, 0.6) is 0 Å². The van der Waals surface area contributed by atoms with Crippen molar-refractivity contribution in [2.45, 2.75) is 27.7 Å². The summed E-state index contributed by atoms with van der Waals surface area (Å²) < 4.78 is 1.32. The molecule has 0 aromatic heterocycles. The lowest BCUT2D eigenvalue weighted by Gasteiger charge is -2.53. The molecular weight excluding hydrogens is 588 g/mol. The highest BCUT2D eigenvalue weighted by Crippen LogP contribution is 2.66. The molecule has 2 aliphatic heterocycles. The fraction of sp³-hybridized carbons (Fsp3) is 0.357. The Morgan fingerprint density at radius 2 is 1.08 bits per heavy atom. The van der Waals surface area contributed by atoms with Crippen LogP contribution in [0, 0.1) is 48.9 Å². The number of carbonyl (C=O) groups is 4. The molecule has 3 fully saturated rings. The van der Waals surface area contributed by atoms with Crippen molar-refractivity contribution in [2.75, 3.05) is 9.80 Å².